The van der Waals surface area contributed by atoms with Gasteiger partial charge in [-0.25, -0.2) is 9.52 Å². The molecule has 1 N–H and O–H groups in total. The number of carbonyl (C=O) groups excluding carboxylic acids is 1. The minimum Gasteiger partial charge on any atom is -0.330 e. The van der Waals surface area contributed by atoms with Crippen molar-refractivity contribution in [2.45, 2.75) is 0 Å². The van der Waals surface area contributed by atoms with Gasteiger partial charge in [0.05, 0.1) is 5.69 Å². The Morgan fingerprint density at radius 1 is 1.18 bits per heavy atom. The first-order chi connectivity index (χ1) is 7.90. The zero-order valence-electron chi connectivity index (χ0n) is 9.91. The molecule has 6 nitrogen and oxygen atoms in total. The first-order valence-corrected chi connectivity index (χ1v) is 6.34. The SMILES string of the molecule is CNS(=O)(=O)N(C(=O)N(C)C)c1ccccc1. The van der Waals surface area contributed by atoms with Gasteiger partial charge in [0.25, 0.3) is 0 Å². The largest absolute Gasteiger partial charge is 0.338 e. The van der Waals surface area contributed by atoms with Gasteiger partial charge >= 0.3 is 16.2 Å². The number of carbonyl (C=O) groups is 1. The number of urea groups is 1. The topological polar surface area (TPSA) is 69.7 Å². The Kier molecular flexibility index (Phi) is 4.08. The van der Waals surface area contributed by atoms with E-state index in [1.54, 1.807) is 30.3 Å². The predicted molar refractivity (Wildman–Crippen MR) is 66.0 cm³/mol. The summed E-state index contributed by atoms with van der Waals surface area (Å²) in [5, 5.41) is 0. The minimum atomic E-state index is -3.87. The van der Waals surface area contributed by atoms with Crippen molar-refractivity contribution >= 4 is 21.9 Å². The van der Waals surface area contributed by atoms with Gasteiger partial charge in [0, 0.05) is 21.1 Å². The van der Waals surface area contributed by atoms with Gasteiger partial charge in [-0.15, -0.1) is 0 Å². The lowest BCUT2D eigenvalue weighted by Crippen LogP contribution is -2.47. The van der Waals surface area contributed by atoms with Crippen LogP contribution < -0.4 is 9.03 Å². The van der Waals surface area contributed by atoms with Gasteiger partial charge in [-0.3, -0.25) is 0 Å². The molecule has 7 heteroatoms. The summed E-state index contributed by atoms with van der Waals surface area (Å²) in [6, 6.07) is 7.54. The Morgan fingerprint density at radius 2 is 1.71 bits per heavy atom. The van der Waals surface area contributed by atoms with Gasteiger partial charge in [0.15, 0.2) is 0 Å². The first kappa shape index (κ1) is 13.5. The van der Waals surface area contributed by atoms with Crippen molar-refractivity contribution < 1.29 is 13.2 Å². The Morgan fingerprint density at radius 3 is 2.12 bits per heavy atom. The van der Waals surface area contributed by atoms with Crippen molar-refractivity contribution in [3.63, 3.8) is 0 Å². The lowest BCUT2D eigenvalue weighted by Gasteiger charge is -2.24. The van der Waals surface area contributed by atoms with Crippen molar-refractivity contribution in [3.05, 3.63) is 30.3 Å². The van der Waals surface area contributed by atoms with Crippen molar-refractivity contribution in [2.24, 2.45) is 0 Å². The molecule has 0 spiro atoms. The molecule has 0 heterocycles. The summed E-state index contributed by atoms with van der Waals surface area (Å²) in [5.41, 5.74) is 0.292. The average Bonchev–Trinajstić information content (AvgIpc) is 2.30. The zero-order valence-corrected chi connectivity index (χ0v) is 10.7. The van der Waals surface area contributed by atoms with Crippen LogP contribution in [0.15, 0.2) is 30.3 Å². The van der Waals surface area contributed by atoms with E-state index in [0.29, 0.717) is 9.99 Å². The molecule has 0 fully saturated rings. The van der Waals surface area contributed by atoms with Crippen LogP contribution in [-0.4, -0.2) is 40.5 Å². The molecule has 0 aliphatic heterocycles. The monoisotopic (exact) mass is 257 g/mol. The highest BCUT2D eigenvalue weighted by Gasteiger charge is 2.28. The van der Waals surface area contributed by atoms with Crippen molar-refractivity contribution in [2.75, 3.05) is 25.4 Å². The van der Waals surface area contributed by atoms with E-state index in [-0.39, 0.29) is 0 Å². The summed E-state index contributed by atoms with van der Waals surface area (Å²) in [6.07, 6.45) is 0. The molecule has 17 heavy (non-hydrogen) atoms. The maximum Gasteiger partial charge on any atom is 0.338 e. The van der Waals surface area contributed by atoms with Crippen LogP contribution in [-0.2, 0) is 10.2 Å². The number of hydrogen-bond acceptors (Lipinski definition) is 3. The smallest absolute Gasteiger partial charge is 0.330 e. The van der Waals surface area contributed by atoms with Gasteiger partial charge in [-0.2, -0.15) is 12.7 Å². The second kappa shape index (κ2) is 5.15. The van der Waals surface area contributed by atoms with E-state index in [9.17, 15) is 13.2 Å². The highest BCUT2D eigenvalue weighted by atomic mass is 32.2. The number of hydrogen-bond donors (Lipinski definition) is 1. The van der Waals surface area contributed by atoms with Crippen LogP contribution in [0.4, 0.5) is 10.5 Å². The van der Waals surface area contributed by atoms with E-state index >= 15 is 0 Å². The lowest BCUT2D eigenvalue weighted by atomic mass is 10.3. The van der Waals surface area contributed by atoms with E-state index in [0.717, 1.165) is 0 Å². The van der Waals surface area contributed by atoms with Crippen LogP contribution in [0.25, 0.3) is 0 Å². The van der Waals surface area contributed by atoms with Crippen LogP contribution in [0.3, 0.4) is 0 Å². The second-order valence-corrected chi connectivity index (χ2v) is 5.21. The van der Waals surface area contributed by atoms with E-state index in [2.05, 4.69) is 4.72 Å². The van der Waals surface area contributed by atoms with Gasteiger partial charge < -0.3 is 4.90 Å². The minimum absolute atomic E-state index is 0.292. The highest BCUT2D eigenvalue weighted by molar-refractivity contribution is 7.91. The molecule has 0 aliphatic rings. The van der Waals surface area contributed by atoms with Crippen molar-refractivity contribution in [1.29, 1.82) is 0 Å². The number of benzene rings is 1. The van der Waals surface area contributed by atoms with Crippen LogP contribution in [0.2, 0.25) is 0 Å². The van der Waals surface area contributed by atoms with Crippen LogP contribution >= 0.6 is 0 Å². The molecular weight excluding hydrogens is 242 g/mol. The maximum absolute atomic E-state index is 11.9. The normalized spacial score (nSPS) is 11.0. The number of nitrogens with one attached hydrogen (secondary N) is 1. The maximum atomic E-state index is 11.9. The summed E-state index contributed by atoms with van der Waals surface area (Å²) >= 11 is 0. The van der Waals surface area contributed by atoms with E-state index < -0.39 is 16.2 Å². The molecule has 0 bridgehead atoms. The molecule has 1 aromatic carbocycles. The molecular formula is C10H15N3O3S. The Labute approximate surface area is 101 Å². The van der Waals surface area contributed by atoms with Crippen LogP contribution in [0.1, 0.15) is 0 Å². The molecule has 0 unspecified atom stereocenters. The average molecular weight is 257 g/mol. The summed E-state index contributed by atoms with van der Waals surface area (Å²) in [7, 11) is 0.372. The van der Waals surface area contributed by atoms with E-state index in [4.69, 9.17) is 0 Å². The number of para-hydroxylation sites is 1. The van der Waals surface area contributed by atoms with Crippen molar-refractivity contribution in [1.82, 2.24) is 9.62 Å². The number of nitrogens with zero attached hydrogens (tertiary/aromatic N) is 2. The third-order valence-corrected chi connectivity index (χ3v) is 3.41. The Hall–Kier alpha value is -1.60. The number of amides is 2. The standard InChI is InChI=1S/C10H15N3O3S/c1-11-17(15,16)13(10(14)12(2)3)9-7-5-4-6-8-9/h4-8,11H,1-3H3. The molecule has 94 valence electrons. The van der Waals surface area contributed by atoms with Gasteiger partial charge in [0.1, 0.15) is 0 Å². The zero-order chi connectivity index (χ0) is 13.1. The fourth-order valence-corrected chi connectivity index (χ4v) is 2.14. The third kappa shape index (κ3) is 2.95. The Bertz CT molecular complexity index is 485. The van der Waals surface area contributed by atoms with E-state index in [1.807, 2.05) is 0 Å². The van der Waals surface area contributed by atoms with Gasteiger partial charge in [0.2, 0.25) is 0 Å². The number of anilines is 1. The van der Waals surface area contributed by atoms with Crippen LogP contribution in [0.5, 0.6) is 0 Å². The molecule has 0 radical (unpaired) electrons. The summed E-state index contributed by atoms with van der Waals surface area (Å²) in [4.78, 5) is 13.1. The predicted octanol–water partition coefficient (Wildman–Crippen LogP) is 0.639. The molecule has 1 rings (SSSR count). The Balaban J connectivity index is 3.27. The first-order valence-electron chi connectivity index (χ1n) is 4.90. The molecule has 0 saturated heterocycles. The summed E-state index contributed by atoms with van der Waals surface area (Å²) in [6.45, 7) is 0. The molecule has 1 aromatic rings. The quantitative estimate of drug-likeness (QED) is 0.864. The number of rotatable bonds is 3. The molecule has 0 aliphatic carbocycles. The molecule has 0 saturated carbocycles. The van der Waals surface area contributed by atoms with Gasteiger partial charge in [-0.1, -0.05) is 18.2 Å². The highest BCUT2D eigenvalue weighted by Crippen LogP contribution is 2.17. The van der Waals surface area contributed by atoms with E-state index in [1.165, 1.54) is 26.0 Å². The third-order valence-electron chi connectivity index (χ3n) is 2.05. The summed E-state index contributed by atoms with van der Waals surface area (Å²) in [5.74, 6) is 0. The fraction of sp³-hybridized carbons (Fsp3) is 0.300. The fourth-order valence-electron chi connectivity index (χ4n) is 1.19. The molecule has 0 aromatic heterocycles. The van der Waals surface area contributed by atoms with Gasteiger partial charge in [-0.05, 0) is 12.1 Å². The summed E-state index contributed by atoms with van der Waals surface area (Å²) < 4.78 is 26.5. The van der Waals surface area contributed by atoms with Crippen molar-refractivity contribution in [3.8, 4) is 0 Å². The van der Waals surface area contributed by atoms with Crippen LogP contribution in [0, 0.1) is 0 Å². The molecule has 0 atom stereocenters. The second-order valence-electron chi connectivity index (χ2n) is 3.49. The lowest BCUT2D eigenvalue weighted by molar-refractivity contribution is 0.227. The molecule has 2 amide bonds.